The normalized spacial score (nSPS) is 9.09. The zero-order chi connectivity index (χ0) is 8.27. The molecule has 0 fully saturated rings. The monoisotopic (exact) mass is 152 g/mol. The summed E-state index contributed by atoms with van der Waals surface area (Å²) in [4.78, 5) is 11.1. The fraction of sp³-hybridized carbons (Fsp3) is 0. The molecule has 0 aliphatic heterocycles. The Morgan fingerprint density at radius 1 is 1.27 bits per heavy atom. The second kappa shape index (κ2) is 2.82. The van der Waals surface area contributed by atoms with Crippen LogP contribution in [0.1, 0.15) is 0 Å². The Bertz CT molecular complexity index is 276. The standard InChI is InChI=1S/C5H8N6/c6-3-4(11-5(7)8)10-2-1-9-3/h1-2H,(H2,6,9)(H4,7,8,10,11). The third-order valence-corrected chi connectivity index (χ3v) is 0.941. The van der Waals surface area contributed by atoms with E-state index < -0.39 is 0 Å². The summed E-state index contributed by atoms with van der Waals surface area (Å²) in [6.45, 7) is 0. The van der Waals surface area contributed by atoms with Gasteiger partial charge < -0.3 is 17.2 Å². The van der Waals surface area contributed by atoms with Crippen LogP contribution in [0.4, 0.5) is 11.6 Å². The van der Waals surface area contributed by atoms with Crippen molar-refractivity contribution in [1.82, 2.24) is 9.97 Å². The molecule has 0 aliphatic carbocycles. The average Bonchev–Trinajstić information content (AvgIpc) is 1.93. The van der Waals surface area contributed by atoms with E-state index in [0.29, 0.717) is 0 Å². The van der Waals surface area contributed by atoms with Crippen molar-refractivity contribution in [3.63, 3.8) is 0 Å². The number of nitrogens with two attached hydrogens (primary N) is 3. The summed E-state index contributed by atoms with van der Waals surface area (Å²) in [6.07, 6.45) is 2.92. The number of rotatable bonds is 1. The van der Waals surface area contributed by atoms with Crippen molar-refractivity contribution in [1.29, 1.82) is 0 Å². The van der Waals surface area contributed by atoms with Gasteiger partial charge in [0.25, 0.3) is 0 Å². The predicted octanol–water partition coefficient (Wildman–Crippen LogP) is -1.04. The number of guanidine groups is 1. The maximum absolute atomic E-state index is 5.38. The molecule has 11 heavy (non-hydrogen) atoms. The molecule has 0 spiro atoms. The molecule has 1 aromatic heterocycles. The summed E-state index contributed by atoms with van der Waals surface area (Å²) >= 11 is 0. The molecule has 0 atom stereocenters. The molecule has 1 rings (SSSR count). The molecular formula is C5H8N6. The predicted molar refractivity (Wildman–Crippen MR) is 41.9 cm³/mol. The minimum absolute atomic E-state index is 0.0859. The SMILES string of the molecule is NC(N)=Nc1nccnc1N. The second-order valence-corrected chi connectivity index (χ2v) is 1.80. The van der Waals surface area contributed by atoms with Crippen LogP contribution in [0.25, 0.3) is 0 Å². The van der Waals surface area contributed by atoms with Gasteiger partial charge in [-0.25, -0.2) is 9.97 Å². The van der Waals surface area contributed by atoms with E-state index in [1.165, 1.54) is 12.4 Å². The topological polar surface area (TPSA) is 116 Å². The van der Waals surface area contributed by atoms with Crippen LogP contribution in [-0.4, -0.2) is 15.9 Å². The molecule has 6 nitrogen and oxygen atoms in total. The second-order valence-electron chi connectivity index (χ2n) is 1.80. The van der Waals surface area contributed by atoms with Crippen molar-refractivity contribution in [3.8, 4) is 0 Å². The number of aliphatic imine (C=N–C) groups is 1. The fourth-order valence-corrected chi connectivity index (χ4v) is 0.550. The molecule has 0 unspecified atom stereocenters. The molecule has 0 saturated carbocycles. The van der Waals surface area contributed by atoms with Crippen LogP contribution in [0.3, 0.4) is 0 Å². The highest BCUT2D eigenvalue weighted by Crippen LogP contribution is 2.12. The van der Waals surface area contributed by atoms with E-state index in [-0.39, 0.29) is 17.6 Å². The Hall–Kier alpha value is -1.85. The molecule has 0 aliphatic rings. The molecular weight excluding hydrogens is 144 g/mol. The molecule has 58 valence electrons. The van der Waals surface area contributed by atoms with E-state index in [2.05, 4.69) is 15.0 Å². The Balaban J connectivity index is 3.04. The number of nitrogens with zero attached hydrogens (tertiary/aromatic N) is 3. The summed E-state index contributed by atoms with van der Waals surface area (Å²) in [5.74, 6) is 0.366. The first-order valence-corrected chi connectivity index (χ1v) is 2.86. The Morgan fingerprint density at radius 3 is 2.45 bits per heavy atom. The zero-order valence-electron chi connectivity index (χ0n) is 5.73. The molecule has 0 aromatic carbocycles. The number of nitrogen functional groups attached to an aromatic ring is 1. The van der Waals surface area contributed by atoms with E-state index in [0.717, 1.165) is 0 Å². The summed E-state index contributed by atoms with van der Waals surface area (Å²) in [5, 5.41) is 0. The third kappa shape index (κ3) is 1.78. The summed E-state index contributed by atoms with van der Waals surface area (Å²) in [5.41, 5.74) is 15.6. The van der Waals surface area contributed by atoms with Crippen LogP contribution in [0.5, 0.6) is 0 Å². The quantitative estimate of drug-likeness (QED) is 0.351. The first-order chi connectivity index (χ1) is 5.20. The Kier molecular flexibility index (Phi) is 1.86. The summed E-state index contributed by atoms with van der Waals surface area (Å²) < 4.78 is 0. The molecule has 0 saturated heterocycles. The molecule has 0 radical (unpaired) electrons. The molecule has 1 aromatic rings. The Morgan fingerprint density at radius 2 is 1.91 bits per heavy atom. The van der Waals surface area contributed by atoms with Gasteiger partial charge in [-0.05, 0) is 0 Å². The van der Waals surface area contributed by atoms with Gasteiger partial charge >= 0.3 is 0 Å². The number of aromatic nitrogens is 2. The molecule has 6 N–H and O–H groups in total. The van der Waals surface area contributed by atoms with Crippen LogP contribution in [0.15, 0.2) is 17.4 Å². The van der Waals surface area contributed by atoms with Crippen molar-refractivity contribution < 1.29 is 0 Å². The van der Waals surface area contributed by atoms with Crippen molar-refractivity contribution in [2.45, 2.75) is 0 Å². The van der Waals surface area contributed by atoms with E-state index in [4.69, 9.17) is 17.2 Å². The maximum atomic E-state index is 5.38. The lowest BCUT2D eigenvalue weighted by molar-refractivity contribution is 1.18. The molecule has 6 heteroatoms. The van der Waals surface area contributed by atoms with Gasteiger partial charge in [-0.3, -0.25) is 0 Å². The van der Waals surface area contributed by atoms with Crippen molar-refractivity contribution in [2.24, 2.45) is 16.5 Å². The van der Waals surface area contributed by atoms with Crippen LogP contribution < -0.4 is 17.2 Å². The minimum Gasteiger partial charge on any atom is -0.381 e. The van der Waals surface area contributed by atoms with Crippen LogP contribution in [0.2, 0.25) is 0 Å². The number of hydrogen-bond donors (Lipinski definition) is 3. The highest BCUT2D eigenvalue weighted by atomic mass is 15.1. The van der Waals surface area contributed by atoms with E-state index in [1.807, 2.05) is 0 Å². The maximum Gasteiger partial charge on any atom is 0.198 e. The first kappa shape index (κ1) is 7.26. The van der Waals surface area contributed by atoms with Crippen LogP contribution in [0, 0.1) is 0 Å². The number of hydrogen-bond acceptors (Lipinski definition) is 4. The lowest BCUT2D eigenvalue weighted by Crippen LogP contribution is -2.22. The molecule has 0 amide bonds. The highest BCUT2D eigenvalue weighted by Gasteiger charge is 1.96. The van der Waals surface area contributed by atoms with Gasteiger partial charge in [0, 0.05) is 12.4 Å². The van der Waals surface area contributed by atoms with Gasteiger partial charge in [0.15, 0.2) is 17.6 Å². The highest BCUT2D eigenvalue weighted by molar-refractivity contribution is 5.79. The van der Waals surface area contributed by atoms with Gasteiger partial charge in [-0.2, -0.15) is 4.99 Å². The average molecular weight is 152 g/mol. The lowest BCUT2D eigenvalue weighted by atomic mass is 10.6. The Labute approximate surface area is 63.2 Å². The fourth-order valence-electron chi connectivity index (χ4n) is 0.550. The lowest BCUT2D eigenvalue weighted by Gasteiger charge is -1.95. The van der Waals surface area contributed by atoms with Gasteiger partial charge in [-0.1, -0.05) is 0 Å². The van der Waals surface area contributed by atoms with Gasteiger partial charge in [0.05, 0.1) is 0 Å². The van der Waals surface area contributed by atoms with Gasteiger partial charge in [0.2, 0.25) is 0 Å². The molecule has 1 heterocycles. The third-order valence-electron chi connectivity index (χ3n) is 0.941. The minimum atomic E-state index is -0.0859. The van der Waals surface area contributed by atoms with Crippen molar-refractivity contribution in [3.05, 3.63) is 12.4 Å². The first-order valence-electron chi connectivity index (χ1n) is 2.86. The van der Waals surface area contributed by atoms with E-state index >= 15 is 0 Å². The van der Waals surface area contributed by atoms with Crippen LogP contribution in [-0.2, 0) is 0 Å². The van der Waals surface area contributed by atoms with E-state index in [9.17, 15) is 0 Å². The zero-order valence-corrected chi connectivity index (χ0v) is 5.73. The summed E-state index contributed by atoms with van der Waals surface area (Å²) in [7, 11) is 0. The smallest absolute Gasteiger partial charge is 0.198 e. The molecule has 0 bridgehead atoms. The van der Waals surface area contributed by atoms with Crippen LogP contribution >= 0.6 is 0 Å². The van der Waals surface area contributed by atoms with Crippen molar-refractivity contribution >= 4 is 17.6 Å². The largest absolute Gasteiger partial charge is 0.381 e. The number of anilines is 1. The van der Waals surface area contributed by atoms with Gasteiger partial charge in [0.1, 0.15) is 0 Å². The summed E-state index contributed by atoms with van der Waals surface area (Å²) in [6, 6.07) is 0. The van der Waals surface area contributed by atoms with Crippen molar-refractivity contribution in [2.75, 3.05) is 5.73 Å². The van der Waals surface area contributed by atoms with Gasteiger partial charge in [-0.15, -0.1) is 0 Å². The van der Waals surface area contributed by atoms with E-state index in [1.54, 1.807) is 0 Å².